The van der Waals surface area contributed by atoms with Crippen LogP contribution in [0, 0.1) is 0 Å². The van der Waals surface area contributed by atoms with Crippen molar-refractivity contribution in [3.63, 3.8) is 0 Å². The monoisotopic (exact) mass is 451 g/mol. The number of hydrogen-bond acceptors (Lipinski definition) is 4. The first-order chi connectivity index (χ1) is 14.0. The molecule has 0 aromatic heterocycles. The Hall–Kier alpha value is -2.27. The highest BCUT2D eigenvalue weighted by Crippen LogP contribution is 2.35. The maximum Gasteiger partial charge on any atom is 0.163 e. The van der Waals surface area contributed by atoms with E-state index in [2.05, 4.69) is 5.32 Å². The third-order valence-corrected chi connectivity index (χ3v) is 5.24. The maximum absolute atomic E-state index is 6.47. The molecule has 3 aromatic carbocycles. The predicted molar refractivity (Wildman–Crippen MR) is 119 cm³/mol. The Morgan fingerprint density at radius 3 is 2.14 bits per heavy atom. The summed E-state index contributed by atoms with van der Waals surface area (Å²) in [5, 5.41) is 5.02. The quantitative estimate of drug-likeness (QED) is 0.405. The highest BCUT2D eigenvalue weighted by Gasteiger charge is 2.12. The fourth-order valence-corrected chi connectivity index (χ4v) is 3.37. The van der Waals surface area contributed by atoms with Crippen LogP contribution >= 0.6 is 34.8 Å². The first-order valence-corrected chi connectivity index (χ1v) is 9.94. The van der Waals surface area contributed by atoms with Gasteiger partial charge in [-0.1, -0.05) is 40.9 Å². The van der Waals surface area contributed by atoms with Crippen molar-refractivity contribution in [1.82, 2.24) is 0 Å². The molecular formula is C22H20Cl3NO3. The van der Waals surface area contributed by atoms with Gasteiger partial charge in [0.1, 0.15) is 12.4 Å². The van der Waals surface area contributed by atoms with Gasteiger partial charge in [0.2, 0.25) is 0 Å². The topological polar surface area (TPSA) is 39.7 Å². The fourth-order valence-electron chi connectivity index (χ4n) is 2.69. The molecule has 4 nitrogen and oxygen atoms in total. The molecule has 29 heavy (non-hydrogen) atoms. The fraction of sp³-hybridized carbons (Fsp3) is 0.182. The summed E-state index contributed by atoms with van der Waals surface area (Å²) in [6.45, 7) is 0.803. The van der Waals surface area contributed by atoms with Gasteiger partial charge in [-0.05, 0) is 48.0 Å². The molecular weight excluding hydrogens is 433 g/mol. The summed E-state index contributed by atoms with van der Waals surface area (Å²) in [6.07, 6.45) is 0. The number of nitrogens with one attached hydrogen (secondary N) is 1. The van der Waals surface area contributed by atoms with Crippen molar-refractivity contribution in [3.8, 4) is 17.2 Å². The average Bonchev–Trinajstić information content (AvgIpc) is 2.72. The van der Waals surface area contributed by atoms with E-state index in [1.54, 1.807) is 32.4 Å². The summed E-state index contributed by atoms with van der Waals surface area (Å²) in [7, 11) is 3.23. The lowest BCUT2D eigenvalue weighted by Crippen LogP contribution is -2.03. The van der Waals surface area contributed by atoms with E-state index in [4.69, 9.17) is 49.0 Å². The van der Waals surface area contributed by atoms with Gasteiger partial charge in [-0.15, -0.1) is 0 Å². The van der Waals surface area contributed by atoms with Crippen molar-refractivity contribution in [3.05, 3.63) is 80.8 Å². The lowest BCUT2D eigenvalue weighted by atomic mass is 10.2. The van der Waals surface area contributed by atoms with Crippen molar-refractivity contribution < 1.29 is 14.2 Å². The third-order valence-electron chi connectivity index (χ3n) is 4.30. The van der Waals surface area contributed by atoms with Gasteiger partial charge >= 0.3 is 0 Å². The molecule has 0 bridgehead atoms. The second kappa shape index (κ2) is 9.97. The minimum absolute atomic E-state index is 0.270. The maximum atomic E-state index is 6.47. The molecule has 3 aromatic rings. The summed E-state index contributed by atoms with van der Waals surface area (Å²) in [5.41, 5.74) is 2.66. The van der Waals surface area contributed by atoms with E-state index in [1.807, 2.05) is 36.4 Å². The van der Waals surface area contributed by atoms with Gasteiger partial charge in [0.25, 0.3) is 0 Å². The zero-order valence-electron chi connectivity index (χ0n) is 16.0. The minimum atomic E-state index is 0.270. The first kappa shape index (κ1) is 21.4. The molecule has 0 amide bonds. The van der Waals surface area contributed by atoms with Crippen LogP contribution in [0.25, 0.3) is 0 Å². The van der Waals surface area contributed by atoms with Crippen LogP contribution in [0.3, 0.4) is 0 Å². The lowest BCUT2D eigenvalue weighted by Gasteiger charge is -2.15. The van der Waals surface area contributed by atoms with Crippen molar-refractivity contribution in [2.75, 3.05) is 19.5 Å². The molecule has 152 valence electrons. The van der Waals surface area contributed by atoms with Crippen LogP contribution < -0.4 is 19.5 Å². The summed E-state index contributed by atoms with van der Waals surface area (Å²) >= 11 is 18.6. The van der Waals surface area contributed by atoms with E-state index in [0.717, 1.165) is 22.6 Å². The van der Waals surface area contributed by atoms with Crippen LogP contribution in [-0.4, -0.2) is 14.2 Å². The molecule has 0 saturated heterocycles. The minimum Gasteiger partial charge on any atom is -0.497 e. The molecule has 1 N–H and O–H groups in total. The molecule has 0 aliphatic rings. The molecule has 0 spiro atoms. The number of benzene rings is 3. The Labute approximate surface area is 185 Å². The number of hydrogen-bond donors (Lipinski definition) is 1. The van der Waals surface area contributed by atoms with Crippen molar-refractivity contribution in [1.29, 1.82) is 0 Å². The van der Waals surface area contributed by atoms with Crippen LogP contribution in [0.5, 0.6) is 17.2 Å². The van der Waals surface area contributed by atoms with E-state index in [9.17, 15) is 0 Å². The van der Waals surface area contributed by atoms with E-state index >= 15 is 0 Å². The molecule has 0 aliphatic carbocycles. The summed E-state index contributed by atoms with van der Waals surface area (Å²) in [5.74, 6) is 1.93. The van der Waals surface area contributed by atoms with Gasteiger partial charge in [0.05, 0.1) is 14.2 Å². The van der Waals surface area contributed by atoms with E-state index in [-0.39, 0.29) is 6.61 Å². The van der Waals surface area contributed by atoms with Crippen molar-refractivity contribution in [2.45, 2.75) is 13.2 Å². The third kappa shape index (κ3) is 5.63. The smallest absolute Gasteiger partial charge is 0.163 e. The summed E-state index contributed by atoms with van der Waals surface area (Å²) in [6, 6.07) is 16.5. The molecule has 7 heteroatoms. The molecule has 0 atom stereocenters. The molecule has 3 rings (SSSR count). The largest absolute Gasteiger partial charge is 0.497 e. The molecule has 0 aliphatic heterocycles. The summed E-state index contributed by atoms with van der Waals surface area (Å²) < 4.78 is 16.5. The molecule has 0 saturated carbocycles. The van der Waals surface area contributed by atoms with Crippen LogP contribution in [0.2, 0.25) is 15.1 Å². The van der Waals surface area contributed by atoms with Gasteiger partial charge in [-0.25, -0.2) is 0 Å². The number of rotatable bonds is 8. The van der Waals surface area contributed by atoms with Gasteiger partial charge < -0.3 is 19.5 Å². The molecule has 0 heterocycles. The van der Waals surface area contributed by atoms with Gasteiger partial charge in [-0.3, -0.25) is 0 Å². The van der Waals surface area contributed by atoms with Crippen LogP contribution in [-0.2, 0) is 13.2 Å². The van der Waals surface area contributed by atoms with E-state index in [1.165, 1.54) is 0 Å². The SMILES string of the molecule is COc1ccc(NCc2cc(OC)c(OCc3ccc(Cl)cc3Cl)cc2Cl)cc1. The zero-order chi connectivity index (χ0) is 20.8. The second-order valence-corrected chi connectivity index (χ2v) is 7.45. The molecule has 0 fully saturated rings. The van der Waals surface area contributed by atoms with Crippen molar-refractivity contribution in [2.24, 2.45) is 0 Å². The average molecular weight is 453 g/mol. The number of methoxy groups -OCH3 is 2. The van der Waals surface area contributed by atoms with E-state index < -0.39 is 0 Å². The Bertz CT molecular complexity index is 978. The van der Waals surface area contributed by atoms with Gasteiger partial charge in [-0.2, -0.15) is 0 Å². The lowest BCUT2D eigenvalue weighted by molar-refractivity contribution is 0.284. The van der Waals surface area contributed by atoms with Gasteiger partial charge in [0, 0.05) is 38.9 Å². The van der Waals surface area contributed by atoms with E-state index in [0.29, 0.717) is 33.1 Å². The van der Waals surface area contributed by atoms with Crippen LogP contribution in [0.15, 0.2) is 54.6 Å². The highest BCUT2D eigenvalue weighted by atomic mass is 35.5. The Morgan fingerprint density at radius 2 is 1.48 bits per heavy atom. The van der Waals surface area contributed by atoms with Crippen LogP contribution in [0.4, 0.5) is 5.69 Å². The number of halogens is 3. The van der Waals surface area contributed by atoms with Crippen LogP contribution in [0.1, 0.15) is 11.1 Å². The Kier molecular flexibility index (Phi) is 7.37. The predicted octanol–water partition coefficient (Wildman–Crippen LogP) is 6.86. The normalized spacial score (nSPS) is 10.5. The zero-order valence-corrected chi connectivity index (χ0v) is 18.2. The molecule has 0 unspecified atom stereocenters. The first-order valence-electron chi connectivity index (χ1n) is 8.81. The molecule has 0 radical (unpaired) electrons. The Balaban J connectivity index is 1.70. The second-order valence-electron chi connectivity index (χ2n) is 6.20. The number of anilines is 1. The summed E-state index contributed by atoms with van der Waals surface area (Å²) in [4.78, 5) is 0. The highest BCUT2D eigenvalue weighted by molar-refractivity contribution is 6.35. The Morgan fingerprint density at radius 1 is 0.759 bits per heavy atom. The van der Waals surface area contributed by atoms with Gasteiger partial charge in [0.15, 0.2) is 11.5 Å². The van der Waals surface area contributed by atoms with Crippen molar-refractivity contribution >= 4 is 40.5 Å². The number of ether oxygens (including phenoxy) is 3. The standard InChI is InChI=1S/C22H20Cl3NO3/c1-27-18-7-5-17(6-8-18)26-12-15-9-21(28-2)22(11-20(15)25)29-13-14-3-4-16(23)10-19(14)24/h3-11,26H,12-13H2,1-2H3.